The first kappa shape index (κ1) is 86.1. The third-order valence-electron chi connectivity index (χ3n) is 30.2. The van der Waals surface area contributed by atoms with Crippen molar-refractivity contribution < 1.29 is 0 Å². The van der Waals surface area contributed by atoms with E-state index in [-0.39, 0.29) is 0 Å². The van der Waals surface area contributed by atoms with Gasteiger partial charge in [-0.1, -0.05) is 504 Å². The van der Waals surface area contributed by atoms with Crippen molar-refractivity contribution in [2.24, 2.45) is 0 Å². The molecule has 0 fully saturated rings. The molecular weight excluding hydrogens is 1750 g/mol. The minimum absolute atomic E-state index is 1.20. The van der Waals surface area contributed by atoms with Gasteiger partial charge in [-0.05, 0) is 351 Å². The predicted molar refractivity (Wildman–Crippen MR) is 630 cm³/mol. The van der Waals surface area contributed by atoms with E-state index >= 15 is 0 Å². The molecule has 29 aromatic rings. The highest BCUT2D eigenvalue weighted by atomic mass is 14.3. The van der Waals surface area contributed by atoms with Crippen LogP contribution in [0.2, 0.25) is 0 Å². The molecule has 0 aliphatic rings. The molecule has 29 rings (SSSR count). The molecule has 0 aliphatic carbocycles. The third-order valence-corrected chi connectivity index (χ3v) is 30.2. The van der Waals surface area contributed by atoms with Crippen molar-refractivity contribution in [3.63, 3.8) is 0 Å². The van der Waals surface area contributed by atoms with Gasteiger partial charge in [-0.15, -0.1) is 0 Å². The first-order valence-electron chi connectivity index (χ1n) is 50.6. The summed E-state index contributed by atoms with van der Waals surface area (Å²) in [7, 11) is 0. The Labute approximate surface area is 848 Å². The second kappa shape index (κ2) is 36.9. The van der Waals surface area contributed by atoms with E-state index in [4.69, 9.17) is 0 Å². The van der Waals surface area contributed by atoms with E-state index in [0.29, 0.717) is 0 Å². The lowest BCUT2D eigenvalue weighted by Gasteiger charge is -2.18. The van der Waals surface area contributed by atoms with Gasteiger partial charge in [0, 0.05) is 0 Å². The Hall–Kier alpha value is -19.0. The van der Waals surface area contributed by atoms with Crippen LogP contribution in [0.15, 0.2) is 570 Å². The van der Waals surface area contributed by atoms with Crippen LogP contribution in [0.25, 0.3) is 284 Å². The Kier molecular flexibility index (Phi) is 21.8. The molecule has 678 valence electrons. The molecule has 0 nitrogen and oxygen atoms in total. The zero-order chi connectivity index (χ0) is 96.5. The van der Waals surface area contributed by atoms with Gasteiger partial charge in [0.25, 0.3) is 0 Å². The van der Waals surface area contributed by atoms with Crippen LogP contribution in [0, 0.1) is 0 Å². The van der Waals surface area contributed by atoms with Crippen molar-refractivity contribution in [3.05, 3.63) is 570 Å². The van der Waals surface area contributed by atoms with Crippen LogP contribution in [0.1, 0.15) is 0 Å². The minimum Gasteiger partial charge on any atom is -0.0622 e. The Bertz CT molecular complexity index is 10100. The first-order chi connectivity index (χ1) is 72.4. The van der Waals surface area contributed by atoms with Gasteiger partial charge in [0.2, 0.25) is 0 Å². The highest BCUT2D eigenvalue weighted by molar-refractivity contribution is 6.27. The molecule has 0 unspecified atom stereocenters. The van der Waals surface area contributed by atoms with E-state index in [1.54, 1.807) is 0 Å². The average Bonchev–Trinajstić information content (AvgIpc) is 0.696. The largest absolute Gasteiger partial charge is 0.0622 e. The maximum absolute atomic E-state index is 2.38. The summed E-state index contributed by atoms with van der Waals surface area (Å²) in [5.41, 5.74) is 29.8. The fourth-order valence-corrected chi connectivity index (χ4v) is 23.5. The molecule has 0 N–H and O–H groups in total. The van der Waals surface area contributed by atoms with Crippen molar-refractivity contribution >= 4 is 151 Å². The van der Waals surface area contributed by atoms with Crippen LogP contribution >= 0.6 is 0 Å². The predicted octanol–water partition coefficient (Wildman–Crippen LogP) is 41.2. The van der Waals surface area contributed by atoms with Crippen LogP contribution in [0.3, 0.4) is 0 Å². The molecule has 0 saturated heterocycles. The van der Waals surface area contributed by atoms with Gasteiger partial charge in [-0.2, -0.15) is 0 Å². The quantitative estimate of drug-likeness (QED) is 0.0845. The molecule has 0 spiro atoms. The monoisotopic (exact) mass is 1850 g/mol. The summed E-state index contributed by atoms with van der Waals surface area (Å²) in [6.45, 7) is 0. The van der Waals surface area contributed by atoms with Crippen LogP contribution < -0.4 is 0 Å². The zero-order valence-electron chi connectivity index (χ0n) is 80.3. The van der Waals surface area contributed by atoms with E-state index in [1.807, 2.05) is 0 Å². The Balaban J connectivity index is 0.000000110. The van der Waals surface area contributed by atoms with Gasteiger partial charge in [0.05, 0.1) is 0 Å². The lowest BCUT2D eigenvalue weighted by Crippen LogP contribution is -1.91. The molecule has 0 bridgehead atoms. The lowest BCUT2D eigenvalue weighted by atomic mass is 9.85. The fourth-order valence-electron chi connectivity index (χ4n) is 23.5. The van der Waals surface area contributed by atoms with Crippen molar-refractivity contribution in [2.45, 2.75) is 0 Å². The highest BCUT2D eigenvalue weighted by Gasteiger charge is 2.24. The Morgan fingerprint density at radius 2 is 0.226 bits per heavy atom. The van der Waals surface area contributed by atoms with Crippen molar-refractivity contribution in [3.8, 4) is 134 Å². The van der Waals surface area contributed by atoms with Crippen LogP contribution in [-0.2, 0) is 0 Å². The highest BCUT2D eigenvalue weighted by Crippen LogP contribution is 2.51. The first-order valence-corrected chi connectivity index (χ1v) is 50.6. The Morgan fingerprint density at radius 1 is 0.0616 bits per heavy atom. The molecule has 0 heteroatoms. The van der Waals surface area contributed by atoms with E-state index in [1.165, 1.54) is 284 Å². The van der Waals surface area contributed by atoms with Crippen molar-refractivity contribution in [1.82, 2.24) is 0 Å². The molecule has 0 radical (unpaired) electrons. The van der Waals surface area contributed by atoms with Gasteiger partial charge < -0.3 is 0 Å². The second-order valence-corrected chi connectivity index (χ2v) is 38.6. The summed E-state index contributed by atoms with van der Waals surface area (Å²) in [6, 6.07) is 209. The third kappa shape index (κ3) is 15.5. The maximum atomic E-state index is 2.38. The van der Waals surface area contributed by atoms with Gasteiger partial charge >= 0.3 is 0 Å². The summed E-state index contributed by atoms with van der Waals surface area (Å²) < 4.78 is 0. The molecule has 0 atom stereocenters. The van der Waals surface area contributed by atoms with Gasteiger partial charge in [-0.25, -0.2) is 0 Å². The summed E-state index contributed by atoms with van der Waals surface area (Å²) in [5, 5.41) is 35.7. The molecule has 0 amide bonds. The van der Waals surface area contributed by atoms with Gasteiger partial charge in [0.15, 0.2) is 0 Å². The number of hydrogen-bond donors (Lipinski definition) is 0. The summed E-state index contributed by atoms with van der Waals surface area (Å²) in [6.07, 6.45) is 0. The van der Waals surface area contributed by atoms with E-state index in [2.05, 4.69) is 570 Å². The second-order valence-electron chi connectivity index (χ2n) is 38.6. The van der Waals surface area contributed by atoms with E-state index in [9.17, 15) is 0 Å². The van der Waals surface area contributed by atoms with Crippen LogP contribution in [0.5, 0.6) is 0 Å². The molecular formula is C146H94. The van der Waals surface area contributed by atoms with E-state index in [0.717, 1.165) is 0 Å². The molecule has 0 aromatic heterocycles. The number of fused-ring (bicyclic) bond motifs is 17. The molecule has 29 aromatic carbocycles. The number of benzene rings is 29. The maximum Gasteiger partial charge on any atom is -0.00262 e. The minimum atomic E-state index is 1.20. The summed E-state index contributed by atoms with van der Waals surface area (Å²) in [4.78, 5) is 0. The topological polar surface area (TPSA) is 0 Å². The van der Waals surface area contributed by atoms with Crippen LogP contribution in [-0.4, -0.2) is 0 Å². The molecule has 0 heterocycles. The summed E-state index contributed by atoms with van der Waals surface area (Å²) in [5.74, 6) is 0. The van der Waals surface area contributed by atoms with Crippen molar-refractivity contribution in [1.29, 1.82) is 0 Å². The Morgan fingerprint density at radius 3 is 0.493 bits per heavy atom. The number of hydrogen-bond acceptors (Lipinski definition) is 0. The zero-order valence-corrected chi connectivity index (χ0v) is 80.3. The number of rotatable bonds is 12. The normalized spacial score (nSPS) is 11.6. The average molecular weight is 1850 g/mol. The van der Waals surface area contributed by atoms with Crippen LogP contribution in [0.4, 0.5) is 0 Å². The molecule has 146 heavy (non-hydrogen) atoms. The standard InChI is InChI=1S/C56H36.C50H32.C40H26/c1-2-16-38(17-3-1)54-48-27-8-10-29-50(48)56(51-30-11-9-28-49(51)54)45-24-14-22-42(35-45)40-20-12-19-39(33-40)41-21-13-23-44(34-41)55-47-26-7-5-18-43(47)36-53-46-25-6-4-15-37(46)31-32-52(53)55;1-2-15-34(16-3-1)48-42-24-8-10-26-44(42)50(45-27-11-9-25-43(45)48)39-21-13-19-36(31-39)35-18-12-20-38(30-35)49-41-23-7-5-17-37(41)32-47-40-22-6-4-14-33(40)28-29-46(47)49;1-2-9-27(10-3-1)30-17-18-33-24-31(19-20-32(33)23-30)29-13-8-14-35(25-29)40-37-16-7-5-12-34(37)26-39-36-15-6-4-11-28(36)21-22-38(39)40/h1-36H;1-32H;1-26H. The van der Waals surface area contributed by atoms with E-state index < -0.39 is 0 Å². The van der Waals surface area contributed by atoms with Gasteiger partial charge in [0.1, 0.15) is 0 Å². The smallest absolute Gasteiger partial charge is 0.00262 e. The molecule has 0 saturated carbocycles. The van der Waals surface area contributed by atoms with Gasteiger partial charge in [-0.3, -0.25) is 0 Å². The van der Waals surface area contributed by atoms with Crippen molar-refractivity contribution in [2.75, 3.05) is 0 Å². The SMILES string of the molecule is c1ccc(-c2c3ccccc3c(-c3cccc(-c4cccc(-c5c6ccccc6cc6c5ccc5ccccc56)c4)c3)c3ccccc23)cc1.c1ccc(-c2c3ccccc3c(-c3cccc(-c4cccc(-c5cccc(-c6c7ccccc7cc7c6ccc6ccccc67)c5)c4)c3)c3ccccc23)cc1.c1ccc(-c2ccc3cc(-c4cccc(-c5c6ccccc6cc6c5ccc5ccccc56)c4)ccc3c2)cc1. The summed E-state index contributed by atoms with van der Waals surface area (Å²) >= 11 is 0. The fraction of sp³-hybridized carbons (Fsp3) is 0. The lowest BCUT2D eigenvalue weighted by molar-refractivity contribution is 1.58. The molecule has 0 aliphatic heterocycles.